The molecule has 0 heterocycles. The van der Waals surface area contributed by atoms with Gasteiger partial charge in [0.15, 0.2) is 0 Å². The van der Waals surface area contributed by atoms with Crippen LogP contribution in [0.2, 0.25) is 0 Å². The van der Waals surface area contributed by atoms with Crippen LogP contribution in [0.3, 0.4) is 0 Å². The average molecular weight is 287 g/mol. The minimum atomic E-state index is -4.31. The fourth-order valence-corrected chi connectivity index (χ4v) is 2.65. The lowest BCUT2D eigenvalue weighted by Crippen LogP contribution is -2.14. The van der Waals surface area contributed by atoms with E-state index in [9.17, 15) is 13.2 Å². The fraction of sp³-hybridized carbons (Fsp3) is 0.625. The summed E-state index contributed by atoms with van der Waals surface area (Å²) >= 11 is 0. The average Bonchev–Trinajstić information content (AvgIpc) is 2.31. The molecule has 1 aromatic carbocycles. The van der Waals surface area contributed by atoms with Gasteiger partial charge in [-0.15, -0.1) is 0 Å². The molecule has 0 fully saturated rings. The van der Waals surface area contributed by atoms with Crippen LogP contribution in [0.15, 0.2) is 12.1 Å². The third-order valence-corrected chi connectivity index (χ3v) is 3.69. The highest BCUT2D eigenvalue weighted by Gasteiger charge is 2.36. The molecule has 114 valence electrons. The van der Waals surface area contributed by atoms with Crippen LogP contribution < -0.4 is 5.73 Å². The number of anilines is 1. The molecular weight excluding hydrogens is 263 g/mol. The van der Waals surface area contributed by atoms with Crippen molar-refractivity contribution in [3.05, 3.63) is 28.8 Å². The van der Waals surface area contributed by atoms with Crippen LogP contribution in [0.1, 0.15) is 68.6 Å². The van der Waals surface area contributed by atoms with Crippen LogP contribution in [-0.4, -0.2) is 0 Å². The summed E-state index contributed by atoms with van der Waals surface area (Å²) < 4.78 is 39.6. The summed E-state index contributed by atoms with van der Waals surface area (Å²) in [5.41, 5.74) is 6.18. The molecule has 0 saturated heterocycles. The van der Waals surface area contributed by atoms with Crippen molar-refractivity contribution in [2.75, 3.05) is 5.73 Å². The summed E-state index contributed by atoms with van der Waals surface area (Å²) in [4.78, 5) is 0. The van der Waals surface area contributed by atoms with Gasteiger partial charge in [0, 0.05) is 5.69 Å². The molecule has 1 unspecified atom stereocenters. The Morgan fingerprint density at radius 1 is 1.15 bits per heavy atom. The van der Waals surface area contributed by atoms with Gasteiger partial charge in [0.1, 0.15) is 0 Å². The molecule has 0 bridgehead atoms. The quantitative estimate of drug-likeness (QED) is 0.529. The molecule has 0 aromatic heterocycles. The number of halogens is 3. The standard InChI is InChI=1S/C16H24F3N/c1-4-5-6-7-8-11(2)14-10-13(20)9-12(3)15(14)16(17,18)19/h9-11H,4-8,20H2,1-3H3. The van der Waals surface area contributed by atoms with Crippen molar-refractivity contribution < 1.29 is 13.2 Å². The van der Waals surface area contributed by atoms with E-state index >= 15 is 0 Å². The van der Waals surface area contributed by atoms with E-state index in [-0.39, 0.29) is 11.5 Å². The molecule has 4 heteroatoms. The van der Waals surface area contributed by atoms with Gasteiger partial charge in [0.2, 0.25) is 0 Å². The molecule has 2 N–H and O–H groups in total. The number of unbranched alkanes of at least 4 members (excludes halogenated alkanes) is 3. The number of rotatable bonds is 6. The molecular formula is C16H24F3N. The fourth-order valence-electron chi connectivity index (χ4n) is 2.65. The van der Waals surface area contributed by atoms with Crippen LogP contribution in [0.5, 0.6) is 0 Å². The zero-order chi connectivity index (χ0) is 15.3. The van der Waals surface area contributed by atoms with Crippen molar-refractivity contribution in [3.8, 4) is 0 Å². The number of benzene rings is 1. The topological polar surface area (TPSA) is 26.0 Å². The van der Waals surface area contributed by atoms with Gasteiger partial charge in [-0.3, -0.25) is 0 Å². The minimum Gasteiger partial charge on any atom is -0.399 e. The molecule has 1 atom stereocenters. The van der Waals surface area contributed by atoms with Gasteiger partial charge in [0.05, 0.1) is 5.56 Å². The van der Waals surface area contributed by atoms with Crippen LogP contribution in [-0.2, 0) is 6.18 Å². The van der Waals surface area contributed by atoms with Gasteiger partial charge in [-0.05, 0) is 42.5 Å². The van der Waals surface area contributed by atoms with Crippen molar-refractivity contribution >= 4 is 5.69 Å². The first kappa shape index (κ1) is 16.9. The van der Waals surface area contributed by atoms with E-state index in [2.05, 4.69) is 6.92 Å². The Morgan fingerprint density at radius 2 is 1.80 bits per heavy atom. The van der Waals surface area contributed by atoms with Crippen molar-refractivity contribution in [2.45, 2.75) is 65.0 Å². The lowest BCUT2D eigenvalue weighted by Gasteiger charge is -2.21. The van der Waals surface area contributed by atoms with Gasteiger partial charge in [-0.1, -0.05) is 39.5 Å². The number of nitrogen functional groups attached to an aromatic ring is 1. The van der Waals surface area contributed by atoms with Gasteiger partial charge < -0.3 is 5.73 Å². The number of aryl methyl sites for hydroxylation is 1. The first-order chi connectivity index (χ1) is 9.27. The second-order valence-electron chi connectivity index (χ2n) is 5.55. The van der Waals surface area contributed by atoms with Crippen LogP contribution >= 0.6 is 0 Å². The predicted octanol–water partition coefficient (Wildman–Crippen LogP) is 5.67. The number of alkyl halides is 3. The smallest absolute Gasteiger partial charge is 0.399 e. The van der Waals surface area contributed by atoms with Gasteiger partial charge in [0.25, 0.3) is 0 Å². The zero-order valence-corrected chi connectivity index (χ0v) is 12.5. The molecule has 0 aliphatic heterocycles. The maximum Gasteiger partial charge on any atom is 0.416 e. The third kappa shape index (κ3) is 4.43. The molecule has 0 aliphatic carbocycles. The highest BCUT2D eigenvalue weighted by Crippen LogP contribution is 2.39. The Bertz CT molecular complexity index is 438. The largest absolute Gasteiger partial charge is 0.416 e. The summed E-state index contributed by atoms with van der Waals surface area (Å²) in [5.74, 6) is -0.120. The zero-order valence-electron chi connectivity index (χ0n) is 12.5. The van der Waals surface area contributed by atoms with Crippen molar-refractivity contribution in [3.63, 3.8) is 0 Å². The minimum absolute atomic E-state index is 0.120. The Hall–Kier alpha value is -1.19. The molecule has 0 spiro atoms. The first-order valence-corrected chi connectivity index (χ1v) is 7.24. The molecule has 20 heavy (non-hydrogen) atoms. The van der Waals surface area contributed by atoms with Crippen LogP contribution in [0, 0.1) is 6.92 Å². The van der Waals surface area contributed by atoms with E-state index in [0.717, 1.165) is 32.1 Å². The van der Waals surface area contributed by atoms with Crippen LogP contribution in [0.4, 0.5) is 18.9 Å². The molecule has 0 saturated carbocycles. The number of hydrogen-bond acceptors (Lipinski definition) is 1. The Balaban J connectivity index is 2.97. The maximum atomic E-state index is 13.2. The molecule has 0 aliphatic rings. The number of nitrogens with two attached hydrogens (primary N) is 1. The van der Waals surface area contributed by atoms with E-state index in [1.807, 2.05) is 6.92 Å². The predicted molar refractivity (Wildman–Crippen MR) is 77.8 cm³/mol. The second-order valence-corrected chi connectivity index (χ2v) is 5.55. The molecule has 0 radical (unpaired) electrons. The Labute approximate surface area is 119 Å². The Morgan fingerprint density at radius 3 is 2.35 bits per heavy atom. The SMILES string of the molecule is CCCCCCC(C)c1cc(N)cc(C)c1C(F)(F)F. The second kappa shape index (κ2) is 7.00. The van der Waals surface area contributed by atoms with Crippen molar-refractivity contribution in [1.82, 2.24) is 0 Å². The summed E-state index contributed by atoms with van der Waals surface area (Å²) in [7, 11) is 0. The third-order valence-electron chi connectivity index (χ3n) is 3.69. The molecule has 0 amide bonds. The molecule has 1 rings (SSSR count). The van der Waals surface area contributed by atoms with Gasteiger partial charge in [-0.2, -0.15) is 13.2 Å². The molecule has 1 aromatic rings. The van der Waals surface area contributed by atoms with E-state index in [1.54, 1.807) is 0 Å². The van der Waals surface area contributed by atoms with E-state index in [4.69, 9.17) is 5.73 Å². The maximum absolute atomic E-state index is 13.2. The summed E-state index contributed by atoms with van der Waals surface area (Å²) in [6.07, 6.45) is 0.745. The van der Waals surface area contributed by atoms with Gasteiger partial charge in [-0.25, -0.2) is 0 Å². The highest BCUT2D eigenvalue weighted by molar-refractivity contribution is 5.51. The van der Waals surface area contributed by atoms with E-state index in [0.29, 0.717) is 11.3 Å². The Kier molecular flexibility index (Phi) is 5.90. The summed E-state index contributed by atoms with van der Waals surface area (Å²) in [6, 6.07) is 2.89. The lowest BCUT2D eigenvalue weighted by molar-refractivity contribution is -0.138. The lowest BCUT2D eigenvalue weighted by atomic mass is 9.88. The van der Waals surface area contributed by atoms with Crippen molar-refractivity contribution in [1.29, 1.82) is 0 Å². The van der Waals surface area contributed by atoms with Crippen LogP contribution in [0.25, 0.3) is 0 Å². The van der Waals surface area contributed by atoms with Gasteiger partial charge >= 0.3 is 6.18 Å². The highest BCUT2D eigenvalue weighted by atomic mass is 19.4. The summed E-state index contributed by atoms with van der Waals surface area (Å²) in [5, 5.41) is 0. The first-order valence-electron chi connectivity index (χ1n) is 7.24. The summed E-state index contributed by atoms with van der Waals surface area (Å²) in [6.45, 7) is 5.45. The van der Waals surface area contributed by atoms with E-state index < -0.39 is 11.7 Å². The monoisotopic (exact) mass is 287 g/mol. The number of hydrogen-bond donors (Lipinski definition) is 1. The molecule has 1 nitrogen and oxygen atoms in total. The van der Waals surface area contributed by atoms with E-state index in [1.165, 1.54) is 19.1 Å². The van der Waals surface area contributed by atoms with Crippen molar-refractivity contribution in [2.24, 2.45) is 0 Å². The normalized spacial score (nSPS) is 13.5.